The molecule has 1 N–H and O–H groups in total. The van der Waals surface area contributed by atoms with Crippen molar-refractivity contribution in [2.75, 3.05) is 6.54 Å². The molecule has 0 spiro atoms. The number of hydrogen-bond acceptors (Lipinski definition) is 5. The molecule has 3 rings (SSSR count). The van der Waals surface area contributed by atoms with Gasteiger partial charge in [-0.25, -0.2) is 0 Å². The highest BCUT2D eigenvalue weighted by atomic mass is 16.4. The molecule has 0 aliphatic rings. The van der Waals surface area contributed by atoms with Crippen molar-refractivity contribution in [3.8, 4) is 11.5 Å². The first-order valence-corrected chi connectivity index (χ1v) is 7.20. The first kappa shape index (κ1) is 13.7. The topological polar surface area (TPSA) is 63.8 Å². The van der Waals surface area contributed by atoms with Gasteiger partial charge >= 0.3 is 0 Å². The Balaban J connectivity index is 1.87. The second-order valence-electron chi connectivity index (χ2n) is 5.03. The zero-order valence-electron chi connectivity index (χ0n) is 12.2. The summed E-state index contributed by atoms with van der Waals surface area (Å²) in [5, 5.41) is 12.7. The molecule has 5 heteroatoms. The minimum Gasteiger partial charge on any atom is -0.419 e. The van der Waals surface area contributed by atoms with Gasteiger partial charge in [-0.05, 0) is 44.2 Å². The lowest BCUT2D eigenvalue weighted by Crippen LogP contribution is -2.19. The molecule has 3 aromatic rings. The molecule has 0 fully saturated rings. The van der Waals surface area contributed by atoms with E-state index in [1.165, 1.54) is 0 Å². The Hall–Kier alpha value is -2.27. The van der Waals surface area contributed by atoms with Crippen LogP contribution in [0.2, 0.25) is 0 Å². The van der Waals surface area contributed by atoms with Crippen molar-refractivity contribution in [3.63, 3.8) is 0 Å². The molecule has 0 radical (unpaired) electrons. The maximum Gasteiger partial charge on any atom is 0.247 e. The third-order valence-electron chi connectivity index (χ3n) is 3.36. The van der Waals surface area contributed by atoms with Crippen LogP contribution in [0.1, 0.15) is 32.2 Å². The Morgan fingerprint density at radius 3 is 3.00 bits per heavy atom. The van der Waals surface area contributed by atoms with Gasteiger partial charge in [0.2, 0.25) is 11.8 Å². The molecule has 2 aromatic heterocycles. The van der Waals surface area contributed by atoms with Crippen molar-refractivity contribution in [2.45, 2.75) is 26.3 Å². The molecule has 5 nitrogen and oxygen atoms in total. The van der Waals surface area contributed by atoms with Crippen LogP contribution in [0.3, 0.4) is 0 Å². The molecule has 0 saturated carbocycles. The standard InChI is InChI=1S/C16H18N4O/c1-3-8-17-11(2)15-19-20-16(21-15)13-6-7-14-12(10-13)5-4-9-18-14/h4-7,9-11,17H,3,8H2,1-2H3. The molecule has 21 heavy (non-hydrogen) atoms. The predicted molar refractivity (Wildman–Crippen MR) is 81.7 cm³/mol. The van der Waals surface area contributed by atoms with Gasteiger partial charge in [-0.1, -0.05) is 13.0 Å². The number of nitrogens with one attached hydrogen (secondary N) is 1. The van der Waals surface area contributed by atoms with Crippen LogP contribution in [0.25, 0.3) is 22.4 Å². The molecular formula is C16H18N4O. The summed E-state index contributed by atoms with van der Waals surface area (Å²) in [6.45, 7) is 5.08. The van der Waals surface area contributed by atoms with Gasteiger partial charge in [-0.2, -0.15) is 0 Å². The maximum absolute atomic E-state index is 5.77. The summed E-state index contributed by atoms with van der Waals surface area (Å²) >= 11 is 0. The zero-order valence-corrected chi connectivity index (χ0v) is 12.2. The van der Waals surface area contributed by atoms with Crippen LogP contribution in [0.4, 0.5) is 0 Å². The molecule has 1 atom stereocenters. The molecule has 0 amide bonds. The Labute approximate surface area is 123 Å². The van der Waals surface area contributed by atoms with E-state index in [1.807, 2.05) is 37.3 Å². The largest absolute Gasteiger partial charge is 0.419 e. The highest BCUT2D eigenvalue weighted by molar-refractivity contribution is 5.82. The lowest BCUT2D eigenvalue weighted by molar-refractivity contribution is 0.423. The van der Waals surface area contributed by atoms with Crippen LogP contribution in [-0.2, 0) is 0 Å². The van der Waals surface area contributed by atoms with Gasteiger partial charge in [-0.15, -0.1) is 10.2 Å². The van der Waals surface area contributed by atoms with Crippen LogP contribution in [0, 0.1) is 0 Å². The fraction of sp³-hybridized carbons (Fsp3) is 0.312. The monoisotopic (exact) mass is 282 g/mol. The summed E-state index contributed by atoms with van der Waals surface area (Å²) < 4.78 is 5.77. The summed E-state index contributed by atoms with van der Waals surface area (Å²) in [4.78, 5) is 4.31. The lowest BCUT2D eigenvalue weighted by atomic mass is 10.1. The van der Waals surface area contributed by atoms with E-state index in [2.05, 4.69) is 27.4 Å². The van der Waals surface area contributed by atoms with Crippen LogP contribution < -0.4 is 5.32 Å². The van der Waals surface area contributed by atoms with Gasteiger partial charge in [0.15, 0.2) is 0 Å². The highest BCUT2D eigenvalue weighted by Crippen LogP contribution is 2.23. The summed E-state index contributed by atoms with van der Waals surface area (Å²) in [6, 6.07) is 9.94. The molecular weight excluding hydrogens is 264 g/mol. The SMILES string of the molecule is CCCNC(C)c1nnc(-c2ccc3ncccc3c2)o1. The molecule has 0 aliphatic carbocycles. The molecule has 108 valence electrons. The van der Waals surface area contributed by atoms with Crippen molar-refractivity contribution in [1.82, 2.24) is 20.5 Å². The minimum atomic E-state index is 0.0633. The lowest BCUT2D eigenvalue weighted by Gasteiger charge is -2.07. The van der Waals surface area contributed by atoms with Crippen LogP contribution in [-0.4, -0.2) is 21.7 Å². The van der Waals surface area contributed by atoms with E-state index in [0.29, 0.717) is 11.8 Å². The number of fused-ring (bicyclic) bond motifs is 1. The van der Waals surface area contributed by atoms with E-state index < -0.39 is 0 Å². The van der Waals surface area contributed by atoms with Crippen LogP contribution >= 0.6 is 0 Å². The van der Waals surface area contributed by atoms with Crippen LogP contribution in [0.5, 0.6) is 0 Å². The number of nitrogens with zero attached hydrogens (tertiary/aromatic N) is 3. The van der Waals surface area contributed by atoms with Gasteiger partial charge in [0, 0.05) is 17.1 Å². The first-order chi connectivity index (χ1) is 10.3. The van der Waals surface area contributed by atoms with Crippen molar-refractivity contribution < 1.29 is 4.42 Å². The van der Waals surface area contributed by atoms with Crippen LogP contribution in [0.15, 0.2) is 40.9 Å². The molecule has 0 saturated heterocycles. The minimum absolute atomic E-state index is 0.0633. The van der Waals surface area contributed by atoms with E-state index in [1.54, 1.807) is 6.20 Å². The number of pyridine rings is 1. The Morgan fingerprint density at radius 1 is 1.24 bits per heavy atom. The average molecular weight is 282 g/mol. The fourth-order valence-corrected chi connectivity index (χ4v) is 2.18. The molecule has 0 aliphatic heterocycles. The van der Waals surface area contributed by atoms with E-state index in [9.17, 15) is 0 Å². The number of rotatable bonds is 5. The smallest absolute Gasteiger partial charge is 0.247 e. The number of benzene rings is 1. The van der Waals surface area contributed by atoms with Crippen molar-refractivity contribution in [2.24, 2.45) is 0 Å². The summed E-state index contributed by atoms with van der Waals surface area (Å²) in [5.41, 5.74) is 1.87. The molecule has 1 aromatic carbocycles. The average Bonchev–Trinajstić information content (AvgIpc) is 3.02. The van der Waals surface area contributed by atoms with E-state index in [4.69, 9.17) is 4.42 Å². The third kappa shape index (κ3) is 2.92. The molecule has 2 heterocycles. The number of aromatic nitrogens is 3. The van der Waals surface area contributed by atoms with E-state index in [-0.39, 0.29) is 6.04 Å². The summed E-state index contributed by atoms with van der Waals surface area (Å²) in [7, 11) is 0. The van der Waals surface area contributed by atoms with Gasteiger partial charge in [0.1, 0.15) is 0 Å². The summed E-state index contributed by atoms with van der Waals surface area (Å²) in [5.74, 6) is 1.16. The van der Waals surface area contributed by atoms with Gasteiger partial charge in [0.25, 0.3) is 0 Å². The Bertz CT molecular complexity index is 738. The zero-order chi connectivity index (χ0) is 14.7. The van der Waals surface area contributed by atoms with Gasteiger partial charge in [-0.3, -0.25) is 4.98 Å². The van der Waals surface area contributed by atoms with Crippen molar-refractivity contribution >= 4 is 10.9 Å². The Kier molecular flexibility index (Phi) is 3.92. The predicted octanol–water partition coefficient (Wildman–Crippen LogP) is 3.35. The quantitative estimate of drug-likeness (QED) is 0.777. The second kappa shape index (κ2) is 6.01. The van der Waals surface area contributed by atoms with Crippen molar-refractivity contribution in [1.29, 1.82) is 0 Å². The Morgan fingerprint density at radius 2 is 2.14 bits per heavy atom. The van der Waals surface area contributed by atoms with Crippen molar-refractivity contribution in [3.05, 3.63) is 42.4 Å². The molecule has 0 bridgehead atoms. The highest BCUT2D eigenvalue weighted by Gasteiger charge is 2.14. The maximum atomic E-state index is 5.77. The van der Waals surface area contributed by atoms with Gasteiger partial charge < -0.3 is 9.73 Å². The molecule has 1 unspecified atom stereocenters. The second-order valence-corrected chi connectivity index (χ2v) is 5.03. The van der Waals surface area contributed by atoms with Gasteiger partial charge in [0.05, 0.1) is 11.6 Å². The van der Waals surface area contributed by atoms with E-state index >= 15 is 0 Å². The first-order valence-electron chi connectivity index (χ1n) is 7.20. The van der Waals surface area contributed by atoms with E-state index in [0.717, 1.165) is 29.4 Å². The summed E-state index contributed by atoms with van der Waals surface area (Å²) in [6.07, 6.45) is 2.86. The number of hydrogen-bond donors (Lipinski definition) is 1. The third-order valence-corrected chi connectivity index (χ3v) is 3.36. The fourth-order valence-electron chi connectivity index (χ4n) is 2.18. The normalized spacial score (nSPS) is 12.7.